The summed E-state index contributed by atoms with van der Waals surface area (Å²) in [5, 5.41) is 22.3. The number of carbonyl (C=O) groups excluding carboxylic acids is 1. The molecule has 1 atom stereocenters. The van der Waals surface area contributed by atoms with Crippen LogP contribution in [0.4, 0.5) is 16.0 Å². The van der Waals surface area contributed by atoms with E-state index in [1.54, 1.807) is 48.1 Å². The summed E-state index contributed by atoms with van der Waals surface area (Å²) < 4.78 is 16.1. The number of rotatable bonds is 4. The van der Waals surface area contributed by atoms with Gasteiger partial charge in [0.05, 0.1) is 16.3 Å². The van der Waals surface area contributed by atoms with Crippen molar-refractivity contribution >= 4 is 34.8 Å². The van der Waals surface area contributed by atoms with Gasteiger partial charge in [-0.3, -0.25) is 4.79 Å². The molecule has 0 fully saturated rings. The van der Waals surface area contributed by atoms with Gasteiger partial charge in [0.2, 0.25) is 5.91 Å². The maximum absolute atomic E-state index is 14.4. The Morgan fingerprint density at radius 2 is 2.05 bits per heavy atom. The van der Waals surface area contributed by atoms with Gasteiger partial charge in [-0.2, -0.15) is 5.26 Å². The number of amides is 1. The molecule has 4 heterocycles. The van der Waals surface area contributed by atoms with E-state index in [1.807, 2.05) is 6.07 Å². The standard InChI is InChI=1S/C27H18ClFN8O2/c1-27(14-9-16(28)15(11-30)20(38)10-14)21-22(31)34-23(35-24(21)36-26(27)39)19-12-37-7-6-32-25(37)18(33-19)8-13-4-2-3-5-17(13)29/h2-7,9-10,12,38H,8H2,1H3,(H3,31,34,35,36,39)/t27-/m1/s1. The zero-order chi connectivity index (χ0) is 27.5. The molecule has 0 bridgehead atoms. The first-order valence-corrected chi connectivity index (χ1v) is 12.1. The number of nitrogen functional groups attached to an aromatic ring is 1. The molecule has 0 aliphatic carbocycles. The summed E-state index contributed by atoms with van der Waals surface area (Å²) in [4.78, 5) is 31.3. The lowest BCUT2D eigenvalue weighted by Gasteiger charge is -2.24. The molecule has 12 heteroatoms. The maximum Gasteiger partial charge on any atom is 0.240 e. The average molecular weight is 541 g/mol. The van der Waals surface area contributed by atoms with Gasteiger partial charge in [0.15, 0.2) is 11.5 Å². The van der Waals surface area contributed by atoms with Crippen molar-refractivity contribution in [1.82, 2.24) is 24.3 Å². The number of carbonyl (C=O) groups is 1. The zero-order valence-electron chi connectivity index (χ0n) is 20.3. The molecule has 1 amide bonds. The second-order valence-corrected chi connectivity index (χ2v) is 9.61. The third-order valence-electron chi connectivity index (χ3n) is 6.87. The molecule has 1 aliphatic rings. The second-order valence-electron chi connectivity index (χ2n) is 9.20. The first-order valence-electron chi connectivity index (χ1n) is 11.7. The molecule has 39 heavy (non-hydrogen) atoms. The predicted molar refractivity (Wildman–Crippen MR) is 141 cm³/mol. The van der Waals surface area contributed by atoms with Crippen LogP contribution < -0.4 is 11.1 Å². The SMILES string of the molecule is C[C@]1(c2cc(O)c(C#N)c(Cl)c2)C(=O)Nc2nc(-c3cn4ccnc4c(Cc4ccccc4F)n3)nc(N)c21. The van der Waals surface area contributed by atoms with Gasteiger partial charge in [-0.25, -0.2) is 24.3 Å². The highest BCUT2D eigenvalue weighted by atomic mass is 35.5. The number of hydrogen-bond donors (Lipinski definition) is 3. The van der Waals surface area contributed by atoms with Crippen molar-refractivity contribution in [3.8, 4) is 23.3 Å². The van der Waals surface area contributed by atoms with Gasteiger partial charge in [0.25, 0.3) is 0 Å². The molecule has 10 nitrogen and oxygen atoms in total. The Labute approximate surface area is 225 Å². The van der Waals surface area contributed by atoms with Gasteiger partial charge in [-0.05, 0) is 36.2 Å². The van der Waals surface area contributed by atoms with Crippen molar-refractivity contribution in [2.45, 2.75) is 18.8 Å². The number of nitriles is 1. The van der Waals surface area contributed by atoms with E-state index in [0.29, 0.717) is 33.7 Å². The second kappa shape index (κ2) is 8.75. The molecule has 0 saturated carbocycles. The summed E-state index contributed by atoms with van der Waals surface area (Å²) in [7, 11) is 0. The quantitative estimate of drug-likeness (QED) is 0.309. The van der Waals surface area contributed by atoms with Gasteiger partial charge < -0.3 is 20.6 Å². The fourth-order valence-electron chi connectivity index (χ4n) is 4.83. The largest absolute Gasteiger partial charge is 0.507 e. The zero-order valence-corrected chi connectivity index (χ0v) is 21.0. The number of fused-ring (bicyclic) bond motifs is 2. The van der Waals surface area contributed by atoms with E-state index in [0.717, 1.165) is 0 Å². The fourth-order valence-corrected chi connectivity index (χ4v) is 5.09. The van der Waals surface area contributed by atoms with Gasteiger partial charge in [-0.1, -0.05) is 29.8 Å². The van der Waals surface area contributed by atoms with Crippen LogP contribution in [0.15, 0.2) is 55.0 Å². The molecule has 192 valence electrons. The van der Waals surface area contributed by atoms with Crippen LogP contribution in [0.25, 0.3) is 17.2 Å². The summed E-state index contributed by atoms with van der Waals surface area (Å²) in [6, 6.07) is 11.0. The molecule has 0 saturated heterocycles. The van der Waals surface area contributed by atoms with E-state index in [9.17, 15) is 19.6 Å². The number of aromatic nitrogens is 5. The van der Waals surface area contributed by atoms with Crippen LogP contribution in [0, 0.1) is 17.1 Å². The number of phenols is 1. The van der Waals surface area contributed by atoms with Crippen LogP contribution in [0.5, 0.6) is 5.75 Å². The van der Waals surface area contributed by atoms with Crippen molar-refractivity contribution in [2.24, 2.45) is 0 Å². The number of nitrogens with one attached hydrogen (secondary N) is 1. The molecule has 6 rings (SSSR count). The minimum absolute atomic E-state index is 0.00805. The van der Waals surface area contributed by atoms with E-state index < -0.39 is 11.3 Å². The number of anilines is 2. The van der Waals surface area contributed by atoms with Crippen LogP contribution in [0.3, 0.4) is 0 Å². The van der Waals surface area contributed by atoms with Crippen molar-refractivity contribution in [3.05, 3.63) is 93.8 Å². The Morgan fingerprint density at radius 3 is 2.79 bits per heavy atom. The molecular weight excluding hydrogens is 523 g/mol. The van der Waals surface area contributed by atoms with Gasteiger partial charge in [0.1, 0.15) is 45.9 Å². The van der Waals surface area contributed by atoms with E-state index >= 15 is 0 Å². The minimum atomic E-state index is -1.40. The molecule has 0 unspecified atom stereocenters. The predicted octanol–water partition coefficient (Wildman–Crippen LogP) is 3.99. The Balaban J connectivity index is 1.47. The third kappa shape index (κ3) is 3.72. The van der Waals surface area contributed by atoms with E-state index in [2.05, 4.69) is 25.3 Å². The van der Waals surface area contributed by atoms with Crippen LogP contribution in [-0.4, -0.2) is 35.4 Å². The monoisotopic (exact) mass is 540 g/mol. The van der Waals surface area contributed by atoms with E-state index in [-0.39, 0.29) is 46.0 Å². The van der Waals surface area contributed by atoms with Crippen LogP contribution in [0.2, 0.25) is 5.02 Å². The maximum atomic E-state index is 14.4. The Bertz CT molecular complexity index is 1860. The highest BCUT2D eigenvalue weighted by Gasteiger charge is 2.48. The number of phenolic OH excluding ortho intramolecular Hbond substituents is 1. The molecule has 0 radical (unpaired) electrons. The Hall–Kier alpha value is -5.08. The lowest BCUT2D eigenvalue weighted by molar-refractivity contribution is -0.119. The van der Waals surface area contributed by atoms with Crippen LogP contribution in [-0.2, 0) is 16.6 Å². The normalized spacial score (nSPS) is 16.2. The van der Waals surface area contributed by atoms with Crippen molar-refractivity contribution < 1.29 is 14.3 Å². The summed E-state index contributed by atoms with van der Waals surface area (Å²) in [6.45, 7) is 1.60. The molecule has 2 aromatic carbocycles. The Kier molecular flexibility index (Phi) is 5.44. The summed E-state index contributed by atoms with van der Waals surface area (Å²) in [5.41, 5.74) is 7.36. The smallest absolute Gasteiger partial charge is 0.240 e. The lowest BCUT2D eigenvalue weighted by atomic mass is 9.77. The summed E-state index contributed by atoms with van der Waals surface area (Å²) in [5.74, 6) is -0.856. The van der Waals surface area contributed by atoms with Crippen molar-refractivity contribution in [3.63, 3.8) is 0 Å². The van der Waals surface area contributed by atoms with Crippen molar-refractivity contribution in [1.29, 1.82) is 5.26 Å². The molecule has 4 N–H and O–H groups in total. The number of hydrogen-bond acceptors (Lipinski definition) is 8. The molecule has 1 aliphatic heterocycles. The first-order chi connectivity index (χ1) is 18.7. The molecule has 3 aromatic heterocycles. The highest BCUT2D eigenvalue weighted by Crippen LogP contribution is 2.46. The lowest BCUT2D eigenvalue weighted by Crippen LogP contribution is -2.33. The first kappa shape index (κ1) is 24.3. The highest BCUT2D eigenvalue weighted by molar-refractivity contribution is 6.32. The van der Waals surface area contributed by atoms with Crippen LogP contribution >= 0.6 is 11.6 Å². The topological polar surface area (TPSA) is 155 Å². The number of nitrogens with zero attached hydrogens (tertiary/aromatic N) is 6. The number of aromatic hydroxyl groups is 1. The molecular formula is C27H18ClFN8O2. The fraction of sp³-hybridized carbons (Fsp3) is 0.111. The number of imidazole rings is 1. The average Bonchev–Trinajstić information content (AvgIpc) is 3.48. The van der Waals surface area contributed by atoms with Gasteiger partial charge in [-0.15, -0.1) is 0 Å². The molecule has 5 aromatic rings. The summed E-state index contributed by atoms with van der Waals surface area (Å²) >= 11 is 6.20. The Morgan fingerprint density at radius 1 is 1.26 bits per heavy atom. The van der Waals surface area contributed by atoms with Gasteiger partial charge in [0, 0.05) is 25.0 Å². The van der Waals surface area contributed by atoms with E-state index in [1.165, 1.54) is 18.2 Å². The van der Waals surface area contributed by atoms with E-state index in [4.69, 9.17) is 17.3 Å². The van der Waals surface area contributed by atoms with Crippen molar-refractivity contribution in [2.75, 3.05) is 11.1 Å². The summed E-state index contributed by atoms with van der Waals surface area (Å²) in [6.07, 6.45) is 5.18. The minimum Gasteiger partial charge on any atom is -0.507 e. The van der Waals surface area contributed by atoms with Crippen LogP contribution in [0.1, 0.15) is 34.9 Å². The molecule has 0 spiro atoms. The third-order valence-corrected chi connectivity index (χ3v) is 7.17. The number of benzene rings is 2. The van der Waals surface area contributed by atoms with Gasteiger partial charge >= 0.3 is 0 Å². The number of halogens is 2. The number of nitrogens with two attached hydrogens (primary N) is 1.